The van der Waals surface area contributed by atoms with Crippen LogP contribution in [-0.2, 0) is 9.53 Å². The molecule has 24 heavy (non-hydrogen) atoms. The van der Waals surface area contributed by atoms with Crippen LogP contribution in [0.25, 0.3) is 0 Å². The number of benzene rings is 1. The smallest absolute Gasteiger partial charge is 0.432 e. The largest absolute Gasteiger partial charge is 0.459 e. The highest BCUT2D eigenvalue weighted by Gasteiger charge is 2.45. The average Bonchev–Trinajstić information content (AvgIpc) is 2.51. The summed E-state index contributed by atoms with van der Waals surface area (Å²) in [5.41, 5.74) is -2.72. The molecule has 1 atom stereocenters. The van der Waals surface area contributed by atoms with Crippen LogP contribution in [0.2, 0.25) is 0 Å². The monoisotopic (exact) mass is 350 g/mol. The molecule has 1 unspecified atom stereocenters. The Balaban J connectivity index is 2.57. The summed E-state index contributed by atoms with van der Waals surface area (Å²) >= 11 is 0. The van der Waals surface area contributed by atoms with Gasteiger partial charge in [0.25, 0.3) is 0 Å². The van der Waals surface area contributed by atoms with E-state index in [1.54, 1.807) is 0 Å². The van der Waals surface area contributed by atoms with Crippen LogP contribution in [0.4, 0.5) is 26.7 Å². The van der Waals surface area contributed by atoms with Gasteiger partial charge in [-0.3, -0.25) is 0 Å². The molecule has 1 aromatic rings. The van der Waals surface area contributed by atoms with Gasteiger partial charge in [-0.05, 0) is 17.7 Å². The van der Waals surface area contributed by atoms with E-state index in [4.69, 9.17) is 0 Å². The molecular weight excluding hydrogens is 339 g/mol. The highest BCUT2D eigenvalue weighted by atomic mass is 19.4. The van der Waals surface area contributed by atoms with Gasteiger partial charge in [-0.15, -0.1) is 0 Å². The van der Waals surface area contributed by atoms with Crippen LogP contribution in [0.15, 0.2) is 35.5 Å². The molecule has 2 amide bonds. The highest BCUT2D eigenvalue weighted by Crippen LogP contribution is 2.35. The van der Waals surface area contributed by atoms with Gasteiger partial charge in [-0.1, -0.05) is 12.1 Å². The van der Waals surface area contributed by atoms with Gasteiger partial charge in [0.05, 0.1) is 11.6 Å². The molecule has 1 aliphatic rings. The van der Waals surface area contributed by atoms with E-state index in [0.29, 0.717) is 0 Å². The number of carbonyl (C=O) groups excluding carboxylic acids is 2. The quantitative estimate of drug-likeness (QED) is 0.648. The first-order chi connectivity index (χ1) is 11.2. The zero-order valence-corrected chi connectivity index (χ0v) is 11.9. The van der Waals surface area contributed by atoms with Crippen LogP contribution in [0.1, 0.15) is 11.6 Å². The van der Waals surface area contributed by atoms with Gasteiger partial charge in [0.1, 0.15) is 24.8 Å². The molecule has 130 valence electrons. The fourth-order valence-electron chi connectivity index (χ4n) is 2.15. The summed E-state index contributed by atoms with van der Waals surface area (Å²) in [4.78, 5) is 23.5. The maximum Gasteiger partial charge on any atom is 0.432 e. The molecule has 0 bridgehead atoms. The van der Waals surface area contributed by atoms with Gasteiger partial charge >= 0.3 is 18.2 Å². The van der Waals surface area contributed by atoms with Gasteiger partial charge in [0, 0.05) is 0 Å². The van der Waals surface area contributed by atoms with Crippen molar-refractivity contribution in [2.24, 2.45) is 0 Å². The average molecular weight is 350 g/mol. The van der Waals surface area contributed by atoms with Crippen molar-refractivity contribution in [3.8, 4) is 0 Å². The van der Waals surface area contributed by atoms with Crippen molar-refractivity contribution < 1.29 is 36.3 Å². The number of amides is 2. The fourth-order valence-corrected chi connectivity index (χ4v) is 2.15. The number of halogens is 5. The van der Waals surface area contributed by atoms with E-state index in [-0.39, 0.29) is 5.56 Å². The third-order valence-electron chi connectivity index (χ3n) is 3.07. The first-order valence-corrected chi connectivity index (χ1v) is 6.61. The minimum absolute atomic E-state index is 0.0983. The first-order valence-electron chi connectivity index (χ1n) is 6.61. The number of hydrogen-bond acceptors (Lipinski definition) is 3. The molecule has 2 rings (SSSR count). The van der Waals surface area contributed by atoms with Crippen molar-refractivity contribution in [3.63, 3.8) is 0 Å². The molecule has 0 spiro atoms. The van der Waals surface area contributed by atoms with E-state index in [2.05, 4.69) is 10.1 Å². The third kappa shape index (κ3) is 3.81. The molecule has 10 heteroatoms. The number of hydrogen-bond donors (Lipinski definition) is 2. The second-order valence-electron chi connectivity index (χ2n) is 4.70. The molecule has 0 radical (unpaired) electrons. The van der Waals surface area contributed by atoms with Gasteiger partial charge in [-0.25, -0.2) is 18.4 Å². The van der Waals surface area contributed by atoms with Crippen LogP contribution in [-0.4, -0.2) is 31.5 Å². The van der Waals surface area contributed by atoms with Crippen LogP contribution in [0.5, 0.6) is 0 Å². The second kappa shape index (κ2) is 6.85. The predicted molar refractivity (Wildman–Crippen MR) is 70.8 cm³/mol. The number of carbonyl (C=O) groups is 2. The first kappa shape index (κ1) is 17.7. The highest BCUT2D eigenvalue weighted by molar-refractivity contribution is 5.95. The molecule has 1 aliphatic heterocycles. The van der Waals surface area contributed by atoms with E-state index < -0.39 is 54.6 Å². The minimum atomic E-state index is -5.08. The Morgan fingerprint density at radius 2 is 2.00 bits per heavy atom. The summed E-state index contributed by atoms with van der Waals surface area (Å²) in [7, 11) is 0. The van der Waals surface area contributed by atoms with Crippen LogP contribution < -0.4 is 10.6 Å². The Morgan fingerprint density at radius 3 is 2.58 bits per heavy atom. The summed E-state index contributed by atoms with van der Waals surface area (Å²) < 4.78 is 69.4. The minimum Gasteiger partial charge on any atom is -0.459 e. The van der Waals surface area contributed by atoms with Gasteiger partial charge in [-0.2, -0.15) is 13.2 Å². The summed E-state index contributed by atoms with van der Waals surface area (Å²) in [6.45, 7) is -1.85. The van der Waals surface area contributed by atoms with Gasteiger partial charge < -0.3 is 15.4 Å². The molecule has 0 fully saturated rings. The van der Waals surface area contributed by atoms with E-state index >= 15 is 0 Å². The molecule has 0 aromatic heterocycles. The van der Waals surface area contributed by atoms with E-state index in [1.165, 1.54) is 17.4 Å². The normalized spacial score (nSPS) is 18.0. The molecule has 0 saturated heterocycles. The van der Waals surface area contributed by atoms with Crippen molar-refractivity contribution in [1.29, 1.82) is 0 Å². The Kier molecular flexibility index (Phi) is 5.05. The lowest BCUT2D eigenvalue weighted by molar-refractivity contribution is -0.141. The Morgan fingerprint density at radius 1 is 1.29 bits per heavy atom. The molecule has 2 N–H and O–H groups in total. The lowest BCUT2D eigenvalue weighted by atomic mass is 9.95. The molecule has 1 aromatic carbocycles. The molecule has 0 aliphatic carbocycles. The lowest BCUT2D eigenvalue weighted by Gasteiger charge is -2.30. The Hall–Kier alpha value is -2.65. The zero-order chi connectivity index (χ0) is 17.9. The number of nitrogens with one attached hydrogen (secondary N) is 2. The third-order valence-corrected chi connectivity index (χ3v) is 3.07. The van der Waals surface area contributed by atoms with Crippen molar-refractivity contribution in [1.82, 2.24) is 10.6 Å². The fraction of sp³-hybridized carbons (Fsp3) is 0.286. The Bertz CT molecular complexity index is 687. The standard InChI is InChI=1S/C14H11F5N2O3/c15-4-5-24-12(22)9-10(7-2-1-3-8(16)6-7)20-13(23)21-11(9)14(17,18)19/h1-3,6,10H,4-5H2,(H2,20,21,23). The number of rotatable bonds is 4. The van der Waals surface area contributed by atoms with Crippen LogP contribution in [0, 0.1) is 5.82 Å². The van der Waals surface area contributed by atoms with Crippen molar-refractivity contribution in [2.45, 2.75) is 12.2 Å². The summed E-state index contributed by atoms with van der Waals surface area (Å²) in [5.74, 6) is -2.24. The summed E-state index contributed by atoms with van der Waals surface area (Å²) in [6, 6.07) is 1.53. The second-order valence-corrected chi connectivity index (χ2v) is 4.70. The number of allylic oxidation sites excluding steroid dienone is 1. The van der Waals surface area contributed by atoms with E-state index in [1.807, 2.05) is 0 Å². The van der Waals surface area contributed by atoms with Crippen molar-refractivity contribution in [2.75, 3.05) is 13.3 Å². The SMILES string of the molecule is O=C1NC(C(F)(F)F)=C(C(=O)OCCF)C(c2cccc(F)c2)N1. The number of esters is 1. The number of urea groups is 1. The molecular formula is C14H11F5N2O3. The Labute approximate surface area is 132 Å². The number of ether oxygens (including phenoxy) is 1. The zero-order valence-electron chi connectivity index (χ0n) is 11.9. The van der Waals surface area contributed by atoms with Crippen molar-refractivity contribution in [3.05, 3.63) is 46.9 Å². The molecule has 1 heterocycles. The molecule has 5 nitrogen and oxygen atoms in total. The maximum absolute atomic E-state index is 13.3. The van der Waals surface area contributed by atoms with E-state index in [9.17, 15) is 31.5 Å². The lowest BCUT2D eigenvalue weighted by Crippen LogP contribution is -2.49. The topological polar surface area (TPSA) is 67.4 Å². The van der Waals surface area contributed by atoms with Crippen molar-refractivity contribution >= 4 is 12.0 Å². The number of alkyl halides is 4. The summed E-state index contributed by atoms with van der Waals surface area (Å²) in [6.07, 6.45) is -5.08. The molecule has 0 saturated carbocycles. The summed E-state index contributed by atoms with van der Waals surface area (Å²) in [5, 5.41) is 3.59. The predicted octanol–water partition coefficient (Wildman–Crippen LogP) is 2.51. The van der Waals surface area contributed by atoms with Crippen LogP contribution in [0.3, 0.4) is 0 Å². The van der Waals surface area contributed by atoms with Crippen LogP contribution >= 0.6 is 0 Å². The van der Waals surface area contributed by atoms with E-state index in [0.717, 1.165) is 12.1 Å². The maximum atomic E-state index is 13.3. The van der Waals surface area contributed by atoms with Gasteiger partial charge in [0.2, 0.25) is 0 Å². The van der Waals surface area contributed by atoms with Gasteiger partial charge in [0.15, 0.2) is 0 Å².